The van der Waals surface area contributed by atoms with E-state index in [1.165, 1.54) is 4.88 Å². The van der Waals surface area contributed by atoms with Gasteiger partial charge in [-0.1, -0.05) is 0 Å². The van der Waals surface area contributed by atoms with Crippen molar-refractivity contribution >= 4 is 22.3 Å². The second kappa shape index (κ2) is 3.90. The van der Waals surface area contributed by atoms with Crippen LogP contribution >= 0.6 is 11.3 Å². The molecule has 0 radical (unpaired) electrons. The van der Waals surface area contributed by atoms with Gasteiger partial charge in [-0.05, 0) is 13.8 Å². The first-order valence-electron chi connectivity index (χ1n) is 4.62. The Labute approximate surface area is 91.7 Å². The van der Waals surface area contributed by atoms with Crippen molar-refractivity contribution in [3.05, 3.63) is 22.3 Å². The van der Waals surface area contributed by atoms with Crippen molar-refractivity contribution in [1.29, 1.82) is 0 Å². The molecular weight excluding hydrogens is 210 g/mol. The van der Waals surface area contributed by atoms with E-state index >= 15 is 0 Å². The fourth-order valence-electron chi connectivity index (χ4n) is 1.18. The predicted octanol–water partition coefficient (Wildman–Crippen LogP) is 1.68. The molecule has 0 aliphatic rings. The molecule has 15 heavy (non-hydrogen) atoms. The number of aromatic amines is 1. The van der Waals surface area contributed by atoms with Gasteiger partial charge in [0.1, 0.15) is 5.82 Å². The first kappa shape index (κ1) is 9.97. The van der Waals surface area contributed by atoms with Gasteiger partial charge in [-0.3, -0.25) is 5.10 Å². The number of anilines is 2. The molecule has 0 fully saturated rings. The number of rotatable bonds is 3. The molecule has 2 rings (SSSR count). The number of H-pyrrole nitrogens is 1. The smallest absolute Gasteiger partial charge is 0.183 e. The van der Waals surface area contributed by atoms with E-state index < -0.39 is 0 Å². The molecule has 0 spiro atoms. The van der Waals surface area contributed by atoms with E-state index in [0.717, 1.165) is 16.4 Å². The van der Waals surface area contributed by atoms with E-state index in [1.807, 2.05) is 6.92 Å². The highest BCUT2D eigenvalue weighted by molar-refractivity contribution is 7.15. The molecule has 0 aromatic carbocycles. The normalized spacial score (nSPS) is 10.5. The molecule has 0 aliphatic carbocycles. The molecule has 0 unspecified atom stereocenters. The van der Waals surface area contributed by atoms with Crippen LogP contribution < -0.4 is 11.1 Å². The summed E-state index contributed by atoms with van der Waals surface area (Å²) in [4.78, 5) is 5.61. The Hall–Kier alpha value is -1.56. The van der Waals surface area contributed by atoms with Crippen LogP contribution in [0, 0.1) is 13.8 Å². The van der Waals surface area contributed by atoms with Crippen molar-refractivity contribution in [2.24, 2.45) is 0 Å². The summed E-state index contributed by atoms with van der Waals surface area (Å²) in [7, 11) is 0. The first-order chi connectivity index (χ1) is 7.16. The van der Waals surface area contributed by atoms with Gasteiger partial charge in [-0.15, -0.1) is 11.3 Å². The maximum absolute atomic E-state index is 5.66. The largest absolute Gasteiger partial charge is 0.384 e. The van der Waals surface area contributed by atoms with E-state index in [0.29, 0.717) is 12.4 Å². The monoisotopic (exact) mass is 223 g/mol. The third-order valence-electron chi connectivity index (χ3n) is 2.21. The highest BCUT2D eigenvalue weighted by atomic mass is 32.1. The van der Waals surface area contributed by atoms with Gasteiger partial charge in [0, 0.05) is 17.0 Å². The molecule has 2 aromatic heterocycles. The molecule has 6 heteroatoms. The Morgan fingerprint density at radius 2 is 2.33 bits per heavy atom. The first-order valence-corrected chi connectivity index (χ1v) is 5.44. The minimum absolute atomic E-state index is 0.604. The highest BCUT2D eigenvalue weighted by Crippen LogP contribution is 2.21. The van der Waals surface area contributed by atoms with Crippen LogP contribution in [0.1, 0.15) is 16.1 Å². The lowest BCUT2D eigenvalue weighted by Crippen LogP contribution is -2.00. The average molecular weight is 223 g/mol. The SMILES string of the molecule is Cc1nc(NCc2cn[nH]c2N)sc1C. The minimum Gasteiger partial charge on any atom is -0.384 e. The molecule has 2 aromatic rings. The van der Waals surface area contributed by atoms with Gasteiger partial charge in [0.05, 0.1) is 11.9 Å². The highest BCUT2D eigenvalue weighted by Gasteiger charge is 2.05. The third-order valence-corrected chi connectivity index (χ3v) is 3.24. The Bertz CT molecular complexity index is 439. The molecule has 5 nitrogen and oxygen atoms in total. The number of nitrogens with zero attached hydrogens (tertiary/aromatic N) is 2. The Morgan fingerprint density at radius 1 is 1.53 bits per heavy atom. The second-order valence-electron chi connectivity index (χ2n) is 3.32. The summed E-state index contributed by atoms with van der Waals surface area (Å²) >= 11 is 1.65. The molecule has 80 valence electrons. The van der Waals surface area contributed by atoms with E-state index in [1.54, 1.807) is 17.5 Å². The van der Waals surface area contributed by atoms with Crippen molar-refractivity contribution in [2.75, 3.05) is 11.1 Å². The quantitative estimate of drug-likeness (QED) is 0.739. The summed E-state index contributed by atoms with van der Waals surface area (Å²) < 4.78 is 0. The lowest BCUT2D eigenvalue weighted by atomic mass is 10.3. The van der Waals surface area contributed by atoms with Gasteiger partial charge < -0.3 is 11.1 Å². The van der Waals surface area contributed by atoms with Gasteiger partial charge in [0.2, 0.25) is 0 Å². The maximum Gasteiger partial charge on any atom is 0.183 e. The van der Waals surface area contributed by atoms with Crippen molar-refractivity contribution in [2.45, 2.75) is 20.4 Å². The molecule has 0 aliphatic heterocycles. The number of hydrogen-bond donors (Lipinski definition) is 3. The number of aryl methyl sites for hydroxylation is 2. The molecule has 4 N–H and O–H groups in total. The lowest BCUT2D eigenvalue weighted by Gasteiger charge is -1.99. The van der Waals surface area contributed by atoms with Crippen LogP contribution in [0.2, 0.25) is 0 Å². The van der Waals surface area contributed by atoms with Crippen LogP contribution in [0.4, 0.5) is 10.9 Å². The van der Waals surface area contributed by atoms with Gasteiger partial charge in [0.15, 0.2) is 5.13 Å². The van der Waals surface area contributed by atoms with Gasteiger partial charge in [0.25, 0.3) is 0 Å². The van der Waals surface area contributed by atoms with Gasteiger partial charge >= 0.3 is 0 Å². The van der Waals surface area contributed by atoms with Crippen molar-refractivity contribution < 1.29 is 0 Å². The number of hydrogen-bond acceptors (Lipinski definition) is 5. The number of thiazole rings is 1. The van der Waals surface area contributed by atoms with E-state index in [-0.39, 0.29) is 0 Å². The number of nitrogens with one attached hydrogen (secondary N) is 2. The molecule has 0 amide bonds. The zero-order valence-electron chi connectivity index (χ0n) is 8.66. The second-order valence-corrected chi connectivity index (χ2v) is 4.53. The molecule has 2 heterocycles. The summed E-state index contributed by atoms with van der Waals surface area (Å²) in [6.07, 6.45) is 1.72. The Kier molecular flexibility index (Phi) is 2.59. The van der Waals surface area contributed by atoms with Crippen LogP contribution in [-0.4, -0.2) is 15.2 Å². The Balaban J connectivity index is 2.02. The molecule has 0 saturated carbocycles. The number of nitrogens with two attached hydrogens (primary N) is 1. The summed E-state index contributed by atoms with van der Waals surface area (Å²) in [5.41, 5.74) is 7.70. The maximum atomic E-state index is 5.66. The van der Waals surface area contributed by atoms with Crippen LogP contribution in [0.15, 0.2) is 6.20 Å². The fraction of sp³-hybridized carbons (Fsp3) is 0.333. The number of aromatic nitrogens is 3. The van der Waals surface area contributed by atoms with Crippen molar-refractivity contribution in [3.63, 3.8) is 0 Å². The lowest BCUT2D eigenvalue weighted by molar-refractivity contribution is 1.10. The summed E-state index contributed by atoms with van der Waals surface area (Å²) in [6.45, 7) is 4.71. The summed E-state index contributed by atoms with van der Waals surface area (Å²) in [5, 5.41) is 10.7. The molecular formula is C9H13N5S. The van der Waals surface area contributed by atoms with Crippen LogP contribution in [0.5, 0.6) is 0 Å². The van der Waals surface area contributed by atoms with E-state index in [9.17, 15) is 0 Å². The van der Waals surface area contributed by atoms with Crippen molar-refractivity contribution in [1.82, 2.24) is 15.2 Å². The molecule has 0 atom stereocenters. The van der Waals surface area contributed by atoms with Crippen LogP contribution in [-0.2, 0) is 6.54 Å². The minimum atomic E-state index is 0.604. The average Bonchev–Trinajstić information content (AvgIpc) is 2.72. The number of nitrogen functional groups attached to an aromatic ring is 1. The topological polar surface area (TPSA) is 79.6 Å². The van der Waals surface area contributed by atoms with Crippen LogP contribution in [0.25, 0.3) is 0 Å². The predicted molar refractivity (Wildman–Crippen MR) is 61.9 cm³/mol. The summed E-state index contributed by atoms with van der Waals surface area (Å²) in [5.74, 6) is 0.604. The zero-order chi connectivity index (χ0) is 10.8. The molecule has 0 saturated heterocycles. The third kappa shape index (κ3) is 2.10. The zero-order valence-corrected chi connectivity index (χ0v) is 9.48. The summed E-state index contributed by atoms with van der Waals surface area (Å²) in [6, 6.07) is 0. The van der Waals surface area contributed by atoms with Gasteiger partial charge in [-0.2, -0.15) is 5.10 Å². The van der Waals surface area contributed by atoms with E-state index in [2.05, 4.69) is 27.4 Å². The standard InChI is InChI=1S/C9H13N5S/c1-5-6(2)15-9(13-5)11-3-7-4-12-14-8(7)10/h4H,3H2,1-2H3,(H,11,13)(H3,10,12,14). The van der Waals surface area contributed by atoms with Crippen LogP contribution in [0.3, 0.4) is 0 Å². The van der Waals surface area contributed by atoms with Gasteiger partial charge in [-0.25, -0.2) is 4.98 Å². The van der Waals surface area contributed by atoms with Crippen molar-refractivity contribution in [3.8, 4) is 0 Å². The molecule has 0 bridgehead atoms. The Morgan fingerprint density at radius 3 is 2.87 bits per heavy atom. The fourth-order valence-corrected chi connectivity index (χ4v) is 1.99. The van der Waals surface area contributed by atoms with E-state index in [4.69, 9.17) is 5.73 Å².